The zero-order valence-electron chi connectivity index (χ0n) is 84.6. The summed E-state index contributed by atoms with van der Waals surface area (Å²) in [5.74, 6) is 3.34. The molecule has 12 heteroatoms. The first-order chi connectivity index (χ1) is 68.9. The quantitative estimate of drug-likeness (QED) is 0.0705. The van der Waals surface area contributed by atoms with Crippen LogP contribution in [0.5, 0.6) is 11.5 Å². The SMILES string of the molecule is CN1CCC(N2CCCCC2)CC1.CN1CCC(N2CCCCC2)CC1.COc1ccc(C2=NC=CC2)cc1.COc1ccc(N(C)C)cc1.Cc1ccc([S+](c2ccccc2)c2ccccc2)cc1.Cc1ccc([S+](c2ccccc2)c2ccccc2)cc1.c1ccc([S+](c2ccccc2)c2ccc(C3CCCCC3)cc2)cc1.c1ccc([S+](c2ccccc2)c2ccc(C3CCCCC3)cc2)cc1. The highest BCUT2D eigenvalue weighted by molar-refractivity contribution is 7.98. The number of anilines is 1. The lowest BCUT2D eigenvalue weighted by molar-refractivity contribution is 0.103. The summed E-state index contributed by atoms with van der Waals surface area (Å²) in [6.45, 7) is 15.0. The number of likely N-dealkylation sites (tertiary alicyclic amines) is 4. The van der Waals surface area contributed by atoms with E-state index in [1.165, 1.54) is 273 Å². The van der Waals surface area contributed by atoms with Crippen molar-refractivity contribution in [3.63, 3.8) is 0 Å². The minimum Gasteiger partial charge on any atom is -0.497 e. The van der Waals surface area contributed by atoms with Gasteiger partial charge in [0.05, 0.1) is 63.5 Å². The summed E-state index contributed by atoms with van der Waals surface area (Å²) in [5.41, 5.74) is 9.16. The summed E-state index contributed by atoms with van der Waals surface area (Å²) in [6, 6.07) is 141. The van der Waals surface area contributed by atoms with Crippen molar-refractivity contribution in [2.75, 3.05) is 99.7 Å². The molecule has 6 fully saturated rings. The van der Waals surface area contributed by atoms with Crippen molar-refractivity contribution in [2.24, 2.45) is 4.99 Å². The Labute approximate surface area is 853 Å². The molecule has 2 saturated carbocycles. The van der Waals surface area contributed by atoms with E-state index < -0.39 is 0 Å². The van der Waals surface area contributed by atoms with E-state index in [-0.39, 0.29) is 43.6 Å². The van der Waals surface area contributed by atoms with Gasteiger partial charge in [0, 0.05) is 44.5 Å². The van der Waals surface area contributed by atoms with Crippen LogP contribution in [0.25, 0.3) is 0 Å². The Morgan fingerprint density at radius 3 is 0.750 bits per heavy atom. The fourth-order valence-corrected chi connectivity index (χ4v) is 27.9. The number of rotatable bonds is 20. The summed E-state index contributed by atoms with van der Waals surface area (Å²) in [6.07, 6.45) is 33.0. The number of methoxy groups -OCH3 is 2. The average molecular weight is 1930 g/mol. The Hall–Kier alpha value is -10.9. The third kappa shape index (κ3) is 32.8. The zero-order chi connectivity index (χ0) is 96.9. The van der Waals surface area contributed by atoms with Crippen molar-refractivity contribution in [1.82, 2.24) is 19.6 Å². The van der Waals surface area contributed by atoms with Gasteiger partial charge in [-0.25, -0.2) is 0 Å². The maximum atomic E-state index is 5.08. The van der Waals surface area contributed by atoms with Crippen LogP contribution in [0.4, 0.5) is 5.69 Å². The van der Waals surface area contributed by atoms with Crippen LogP contribution in [0.15, 0.2) is 464 Å². The van der Waals surface area contributed by atoms with Crippen LogP contribution in [-0.2, 0) is 43.6 Å². The van der Waals surface area contributed by atoms with E-state index in [0.29, 0.717) is 0 Å². The predicted molar refractivity (Wildman–Crippen MR) is 600 cm³/mol. The molecule has 0 N–H and O–H groups in total. The average Bonchev–Trinajstić information content (AvgIpc) is 0.858. The summed E-state index contributed by atoms with van der Waals surface area (Å²) in [5, 5.41) is 0. The number of benzene rings is 14. The molecule has 0 radical (unpaired) electrons. The molecule has 0 amide bonds. The van der Waals surface area contributed by atoms with E-state index in [2.05, 4.69) is 403 Å². The Bertz CT molecular complexity index is 5320. The molecule has 0 bridgehead atoms. The monoisotopic (exact) mass is 1930 g/mol. The van der Waals surface area contributed by atoms with Crippen molar-refractivity contribution >= 4 is 55.0 Å². The van der Waals surface area contributed by atoms with Crippen LogP contribution in [-0.4, -0.2) is 132 Å². The van der Waals surface area contributed by atoms with E-state index in [0.717, 1.165) is 47.6 Å². The van der Waals surface area contributed by atoms with Crippen molar-refractivity contribution < 1.29 is 9.47 Å². The molecule has 14 aromatic carbocycles. The Morgan fingerprint density at radius 2 is 0.507 bits per heavy atom. The maximum absolute atomic E-state index is 5.08. The van der Waals surface area contributed by atoms with Gasteiger partial charge in [-0.2, -0.15) is 0 Å². The maximum Gasteiger partial charge on any atom is 0.166 e. The smallest absolute Gasteiger partial charge is 0.166 e. The summed E-state index contributed by atoms with van der Waals surface area (Å²) < 4.78 is 10.1. The topological polar surface area (TPSA) is 47.0 Å². The van der Waals surface area contributed by atoms with Crippen LogP contribution >= 0.6 is 0 Å². The fourth-order valence-electron chi connectivity index (χ4n) is 19.6. The number of aliphatic imine (C=N–C) groups is 1. The molecule has 0 aromatic heterocycles. The first-order valence-corrected chi connectivity index (χ1v) is 56.5. The van der Waals surface area contributed by atoms with Gasteiger partial charge in [0.25, 0.3) is 0 Å². The number of allylic oxidation sites excluding steroid dienone is 1. The second-order valence-electron chi connectivity index (χ2n) is 37.9. The molecule has 0 atom stereocenters. The molecular formula is C128H152N6O2S4+4. The number of nitrogens with zero attached hydrogens (tertiary/aromatic N) is 6. The second-order valence-corrected chi connectivity index (χ2v) is 46.0. The van der Waals surface area contributed by atoms with Crippen LogP contribution in [0.1, 0.15) is 174 Å². The fraction of sp³-hybridized carbons (Fsp3) is 0.320. The van der Waals surface area contributed by atoms with Crippen LogP contribution in [0, 0.1) is 13.8 Å². The molecule has 8 nitrogen and oxygen atoms in total. The number of ether oxygens (including phenoxy) is 2. The van der Waals surface area contributed by atoms with Gasteiger partial charge >= 0.3 is 0 Å². The number of aryl methyl sites for hydroxylation is 2. The predicted octanol–water partition coefficient (Wildman–Crippen LogP) is 31.1. The normalized spacial score (nSPS) is 16.1. The van der Waals surface area contributed by atoms with Crippen molar-refractivity contribution in [3.8, 4) is 11.5 Å². The molecular weight excluding hydrogens is 1780 g/mol. The molecule has 0 unspecified atom stereocenters. The van der Waals surface area contributed by atoms with E-state index in [1.54, 1.807) is 14.2 Å². The second kappa shape index (κ2) is 57.9. The van der Waals surface area contributed by atoms with Crippen LogP contribution in [0.3, 0.4) is 0 Å². The number of hydrogen-bond acceptors (Lipinski definition) is 8. The molecule has 5 aliphatic heterocycles. The Morgan fingerprint density at radius 1 is 0.264 bits per heavy atom. The summed E-state index contributed by atoms with van der Waals surface area (Å²) in [7, 11) is 11.8. The molecule has 5 heterocycles. The molecule has 140 heavy (non-hydrogen) atoms. The van der Waals surface area contributed by atoms with Crippen molar-refractivity contribution in [1.29, 1.82) is 0 Å². The number of hydrogen-bond donors (Lipinski definition) is 0. The first kappa shape index (κ1) is 105. The van der Waals surface area contributed by atoms with Gasteiger partial charge in [-0.05, 0) is 380 Å². The third-order valence-electron chi connectivity index (χ3n) is 27.6. The van der Waals surface area contributed by atoms with Gasteiger partial charge in [-0.1, -0.05) is 263 Å². The minimum absolute atomic E-state index is 0.0229. The first-order valence-electron chi connectivity index (χ1n) is 51.6. The van der Waals surface area contributed by atoms with E-state index in [4.69, 9.17) is 9.47 Å². The lowest BCUT2D eigenvalue weighted by Gasteiger charge is -2.39. The van der Waals surface area contributed by atoms with Gasteiger partial charge < -0.3 is 34.0 Å². The van der Waals surface area contributed by atoms with Gasteiger partial charge in [0.15, 0.2) is 58.7 Å². The lowest BCUT2D eigenvalue weighted by atomic mass is 9.84. The third-order valence-corrected chi connectivity index (χ3v) is 36.5. The molecule has 726 valence electrons. The molecule has 21 rings (SSSR count). The van der Waals surface area contributed by atoms with Gasteiger partial charge in [-0.3, -0.25) is 4.99 Å². The zero-order valence-corrected chi connectivity index (χ0v) is 87.8. The standard InChI is InChI=1S/2C24H25S.2C19H17S.2C11H22N2.C11H11NO.C9H13NO/c2*1-4-10-20(11-5-1)21-16-18-24(19-17-21)25(22-12-6-2-7-13-22)23-14-8-3-9-15-23;2*1-16-12-14-19(15-13-16)20(17-8-4-2-5-9-17)18-10-6-3-7-11-18;2*1-12-9-5-11(6-10-12)13-7-3-2-4-8-13;1-13-10-6-4-9(5-7-10)11-3-2-8-12-11;1-10(2)8-4-6-9(11-3)7-5-8/h2*2-3,6-9,12-20H,1,4-5,10-11H2;2*2-15H,1H3;2*11H,2-10H2,1H3;2,4-8H,3H2,1H3;4-7H,1-3H3/q4*+1;;;;. The highest BCUT2D eigenvalue weighted by Crippen LogP contribution is 2.40. The van der Waals surface area contributed by atoms with E-state index in [1.807, 2.05) is 68.8 Å². The minimum atomic E-state index is -0.0278. The highest BCUT2D eigenvalue weighted by atomic mass is 32.2. The summed E-state index contributed by atoms with van der Waals surface area (Å²) in [4.78, 5) is 33.3. The van der Waals surface area contributed by atoms with E-state index >= 15 is 0 Å². The van der Waals surface area contributed by atoms with Crippen LogP contribution in [0.2, 0.25) is 0 Å². The molecule has 0 spiro atoms. The van der Waals surface area contributed by atoms with Gasteiger partial charge in [0.2, 0.25) is 0 Å². The Kier molecular flexibility index (Phi) is 43.4. The largest absolute Gasteiger partial charge is 0.497 e. The summed E-state index contributed by atoms with van der Waals surface area (Å²) >= 11 is 0. The molecule has 14 aromatic rings. The molecule has 2 aliphatic carbocycles. The highest BCUT2D eigenvalue weighted by Gasteiger charge is 2.34. The molecule has 4 saturated heterocycles. The van der Waals surface area contributed by atoms with Crippen molar-refractivity contribution in [2.45, 2.75) is 231 Å². The van der Waals surface area contributed by atoms with Gasteiger partial charge in [0.1, 0.15) is 11.5 Å². The lowest BCUT2D eigenvalue weighted by Crippen LogP contribution is -2.45. The molecule has 7 aliphatic rings. The van der Waals surface area contributed by atoms with Crippen LogP contribution < -0.4 is 14.4 Å². The van der Waals surface area contributed by atoms with E-state index in [9.17, 15) is 0 Å². The van der Waals surface area contributed by atoms with Crippen molar-refractivity contribution in [3.05, 3.63) is 428 Å². The number of piperidine rings is 4. The van der Waals surface area contributed by atoms with Gasteiger partial charge in [-0.15, -0.1) is 0 Å². The Balaban J connectivity index is 0.000000129.